The van der Waals surface area contributed by atoms with E-state index in [-0.39, 0.29) is 16.8 Å². The first-order chi connectivity index (χ1) is 9.68. The van der Waals surface area contributed by atoms with Crippen LogP contribution in [0.5, 0.6) is 5.75 Å². The molecular formula is C15H10N2O3. The summed E-state index contributed by atoms with van der Waals surface area (Å²) in [4.78, 5) is 19.5. The first-order valence-corrected chi connectivity index (χ1v) is 5.94. The van der Waals surface area contributed by atoms with Crippen molar-refractivity contribution in [3.63, 3.8) is 0 Å². The van der Waals surface area contributed by atoms with Crippen LogP contribution in [0.1, 0.15) is 10.4 Å². The highest BCUT2D eigenvalue weighted by molar-refractivity contribution is 6.07. The van der Waals surface area contributed by atoms with Crippen molar-refractivity contribution in [1.82, 2.24) is 9.97 Å². The van der Waals surface area contributed by atoms with E-state index in [2.05, 4.69) is 9.97 Å². The van der Waals surface area contributed by atoms with Gasteiger partial charge in [-0.05, 0) is 11.6 Å². The molecule has 5 nitrogen and oxygen atoms in total. The topological polar surface area (TPSA) is 83.3 Å². The lowest BCUT2D eigenvalue weighted by Crippen LogP contribution is -2.01. The summed E-state index contributed by atoms with van der Waals surface area (Å²) >= 11 is 0. The minimum absolute atomic E-state index is 0.179. The van der Waals surface area contributed by atoms with E-state index in [1.54, 1.807) is 0 Å². The molecule has 0 aliphatic carbocycles. The number of phenols is 1. The van der Waals surface area contributed by atoms with E-state index in [0.717, 1.165) is 5.56 Å². The van der Waals surface area contributed by atoms with Gasteiger partial charge in [0.05, 0.1) is 5.52 Å². The summed E-state index contributed by atoms with van der Waals surface area (Å²) in [5, 5.41) is 19.2. The zero-order chi connectivity index (χ0) is 14.1. The lowest BCUT2D eigenvalue weighted by molar-refractivity contribution is 0.0696. The Morgan fingerprint density at radius 3 is 2.30 bits per heavy atom. The predicted octanol–water partition coefficient (Wildman–Crippen LogP) is 2.70. The van der Waals surface area contributed by atoms with Gasteiger partial charge >= 0.3 is 5.97 Å². The molecule has 2 aromatic carbocycles. The molecule has 0 atom stereocenters. The van der Waals surface area contributed by atoms with E-state index in [1.165, 1.54) is 18.5 Å². The summed E-state index contributed by atoms with van der Waals surface area (Å²) in [6, 6.07) is 10.7. The zero-order valence-corrected chi connectivity index (χ0v) is 10.3. The Bertz CT molecular complexity index is 801. The molecule has 0 aliphatic heterocycles. The summed E-state index contributed by atoms with van der Waals surface area (Å²) in [5.74, 6) is -1.54. The maximum absolute atomic E-state index is 11.3. The Balaban J connectivity index is 2.41. The molecule has 0 saturated heterocycles. The van der Waals surface area contributed by atoms with Crippen LogP contribution in [0.25, 0.3) is 22.2 Å². The molecular weight excluding hydrogens is 256 g/mol. The van der Waals surface area contributed by atoms with Crippen LogP contribution in [0.15, 0.2) is 48.8 Å². The quantitative estimate of drug-likeness (QED) is 0.745. The third-order valence-electron chi connectivity index (χ3n) is 3.03. The van der Waals surface area contributed by atoms with Crippen molar-refractivity contribution in [2.75, 3.05) is 0 Å². The Morgan fingerprint density at radius 2 is 1.65 bits per heavy atom. The molecule has 20 heavy (non-hydrogen) atoms. The van der Waals surface area contributed by atoms with Gasteiger partial charge in [0.15, 0.2) is 0 Å². The van der Waals surface area contributed by atoms with Crippen molar-refractivity contribution >= 4 is 17.0 Å². The van der Waals surface area contributed by atoms with Crippen LogP contribution in [-0.2, 0) is 0 Å². The Morgan fingerprint density at radius 1 is 1.00 bits per heavy atom. The SMILES string of the molecule is O=C(O)c1c(O)cc(-c2ccccc2)c2nccnc12. The summed E-state index contributed by atoms with van der Waals surface area (Å²) in [6.07, 6.45) is 2.90. The molecule has 1 heterocycles. The second-order valence-corrected chi connectivity index (χ2v) is 4.24. The predicted molar refractivity (Wildman–Crippen MR) is 73.6 cm³/mol. The van der Waals surface area contributed by atoms with Gasteiger partial charge in [-0.1, -0.05) is 30.3 Å². The van der Waals surface area contributed by atoms with Crippen LogP contribution < -0.4 is 0 Å². The van der Waals surface area contributed by atoms with Gasteiger partial charge in [0.2, 0.25) is 0 Å². The number of aromatic carboxylic acids is 1. The van der Waals surface area contributed by atoms with Gasteiger partial charge in [0.1, 0.15) is 16.8 Å². The average molecular weight is 266 g/mol. The first kappa shape index (κ1) is 12.1. The molecule has 0 spiro atoms. The number of benzene rings is 2. The van der Waals surface area contributed by atoms with E-state index in [9.17, 15) is 15.0 Å². The van der Waals surface area contributed by atoms with Crippen LogP contribution in [0.4, 0.5) is 0 Å². The van der Waals surface area contributed by atoms with E-state index in [4.69, 9.17) is 0 Å². The molecule has 5 heteroatoms. The third kappa shape index (κ3) is 1.85. The van der Waals surface area contributed by atoms with Gasteiger partial charge in [-0.2, -0.15) is 0 Å². The molecule has 0 unspecified atom stereocenters. The van der Waals surface area contributed by atoms with Crippen LogP contribution >= 0.6 is 0 Å². The molecule has 0 fully saturated rings. The lowest BCUT2D eigenvalue weighted by atomic mass is 10.00. The molecule has 0 bridgehead atoms. The summed E-state index contributed by atoms with van der Waals surface area (Å²) in [7, 11) is 0. The number of hydrogen-bond donors (Lipinski definition) is 2. The Labute approximate surface area is 114 Å². The van der Waals surface area contributed by atoms with Crippen molar-refractivity contribution in [2.24, 2.45) is 0 Å². The summed E-state index contributed by atoms with van der Waals surface area (Å²) < 4.78 is 0. The molecule has 0 aliphatic rings. The molecule has 2 N–H and O–H groups in total. The van der Waals surface area contributed by atoms with Crippen molar-refractivity contribution in [1.29, 1.82) is 0 Å². The van der Waals surface area contributed by atoms with Gasteiger partial charge in [0.25, 0.3) is 0 Å². The highest BCUT2D eigenvalue weighted by Gasteiger charge is 2.19. The highest BCUT2D eigenvalue weighted by atomic mass is 16.4. The van der Waals surface area contributed by atoms with E-state index >= 15 is 0 Å². The first-order valence-electron chi connectivity index (χ1n) is 5.94. The molecule has 1 aromatic heterocycles. The number of nitrogens with zero attached hydrogens (tertiary/aromatic N) is 2. The van der Waals surface area contributed by atoms with Crippen LogP contribution in [0.2, 0.25) is 0 Å². The monoisotopic (exact) mass is 266 g/mol. The minimum Gasteiger partial charge on any atom is -0.507 e. The summed E-state index contributed by atoms with van der Waals surface area (Å²) in [6.45, 7) is 0. The fourth-order valence-electron chi connectivity index (χ4n) is 2.17. The van der Waals surface area contributed by atoms with Crippen molar-refractivity contribution in [3.05, 3.63) is 54.4 Å². The Kier molecular flexibility index (Phi) is 2.80. The van der Waals surface area contributed by atoms with E-state index < -0.39 is 5.97 Å². The molecule has 3 aromatic rings. The van der Waals surface area contributed by atoms with Gasteiger partial charge in [-0.15, -0.1) is 0 Å². The van der Waals surface area contributed by atoms with Crippen LogP contribution in [0.3, 0.4) is 0 Å². The standard InChI is InChI=1S/C15H10N2O3/c18-11-8-10(9-4-2-1-3-5-9)13-14(12(11)15(19)20)17-7-6-16-13/h1-8,18H,(H,19,20). The van der Waals surface area contributed by atoms with Crippen molar-refractivity contribution in [3.8, 4) is 16.9 Å². The normalized spacial score (nSPS) is 10.6. The number of carboxylic acid groups (broad SMARTS) is 1. The Hall–Kier alpha value is -2.95. The second-order valence-electron chi connectivity index (χ2n) is 4.24. The number of rotatable bonds is 2. The number of hydrogen-bond acceptors (Lipinski definition) is 4. The molecule has 3 rings (SSSR count). The molecule has 98 valence electrons. The van der Waals surface area contributed by atoms with Gasteiger partial charge in [-0.3, -0.25) is 9.97 Å². The van der Waals surface area contributed by atoms with Gasteiger partial charge in [-0.25, -0.2) is 4.79 Å². The minimum atomic E-state index is -1.23. The number of fused-ring (bicyclic) bond motifs is 1. The number of aromatic hydroxyl groups is 1. The van der Waals surface area contributed by atoms with Gasteiger partial charge in [0, 0.05) is 18.0 Å². The van der Waals surface area contributed by atoms with Gasteiger partial charge < -0.3 is 10.2 Å². The van der Waals surface area contributed by atoms with Crippen molar-refractivity contribution in [2.45, 2.75) is 0 Å². The maximum atomic E-state index is 11.3. The summed E-state index contributed by atoms with van der Waals surface area (Å²) in [5.41, 5.74) is 1.89. The lowest BCUT2D eigenvalue weighted by Gasteiger charge is -2.09. The second kappa shape index (κ2) is 4.62. The fraction of sp³-hybridized carbons (Fsp3) is 0. The number of aromatic nitrogens is 2. The van der Waals surface area contributed by atoms with E-state index in [0.29, 0.717) is 11.1 Å². The molecule has 0 saturated carbocycles. The zero-order valence-electron chi connectivity index (χ0n) is 10.3. The average Bonchev–Trinajstić information content (AvgIpc) is 2.47. The smallest absolute Gasteiger partial charge is 0.341 e. The number of carbonyl (C=O) groups is 1. The fourth-order valence-corrected chi connectivity index (χ4v) is 2.17. The largest absolute Gasteiger partial charge is 0.507 e. The third-order valence-corrected chi connectivity index (χ3v) is 3.03. The van der Waals surface area contributed by atoms with Crippen LogP contribution in [0, 0.1) is 0 Å². The molecule has 0 amide bonds. The molecule has 0 radical (unpaired) electrons. The van der Waals surface area contributed by atoms with E-state index in [1.807, 2.05) is 30.3 Å². The van der Waals surface area contributed by atoms with Crippen LogP contribution in [-0.4, -0.2) is 26.2 Å². The number of carboxylic acids is 1. The highest BCUT2D eigenvalue weighted by Crippen LogP contribution is 2.34. The van der Waals surface area contributed by atoms with Crippen molar-refractivity contribution < 1.29 is 15.0 Å². The maximum Gasteiger partial charge on any atom is 0.341 e.